The quantitative estimate of drug-likeness (QED) is 0.843. The van der Waals surface area contributed by atoms with E-state index in [-0.39, 0.29) is 17.8 Å². The molecule has 2 atom stereocenters. The lowest BCUT2D eigenvalue weighted by molar-refractivity contribution is 0.0437. The SMILES string of the molecule is Cn1cccc1C(=O)N1CCN2C[C@H](OCc3ccccc3F)C[C@H]2C1. The van der Waals surface area contributed by atoms with E-state index in [9.17, 15) is 9.18 Å². The fraction of sp³-hybridized carbons (Fsp3) is 0.450. The van der Waals surface area contributed by atoms with Gasteiger partial charge in [0.1, 0.15) is 11.5 Å². The van der Waals surface area contributed by atoms with Crippen molar-refractivity contribution in [3.8, 4) is 0 Å². The summed E-state index contributed by atoms with van der Waals surface area (Å²) in [7, 11) is 1.89. The zero-order valence-electron chi connectivity index (χ0n) is 15.0. The summed E-state index contributed by atoms with van der Waals surface area (Å²) in [5.74, 6) is -0.129. The first-order valence-electron chi connectivity index (χ1n) is 9.11. The second kappa shape index (κ2) is 7.21. The molecule has 0 aliphatic carbocycles. The van der Waals surface area contributed by atoms with Gasteiger partial charge in [0, 0.05) is 51.0 Å². The Hall–Kier alpha value is -2.18. The molecule has 2 aliphatic heterocycles. The van der Waals surface area contributed by atoms with Crippen LogP contribution in [-0.2, 0) is 18.4 Å². The Morgan fingerprint density at radius 2 is 2.04 bits per heavy atom. The molecular weight excluding hydrogens is 333 g/mol. The summed E-state index contributed by atoms with van der Waals surface area (Å²) in [6, 6.07) is 10.8. The third-order valence-electron chi connectivity index (χ3n) is 5.46. The number of carbonyl (C=O) groups is 1. The number of rotatable bonds is 4. The number of hydrogen-bond acceptors (Lipinski definition) is 3. The van der Waals surface area contributed by atoms with E-state index < -0.39 is 0 Å². The number of halogens is 1. The number of fused-ring (bicyclic) bond motifs is 1. The first-order valence-corrected chi connectivity index (χ1v) is 9.11. The highest BCUT2D eigenvalue weighted by molar-refractivity contribution is 5.92. The van der Waals surface area contributed by atoms with Gasteiger partial charge in [-0.1, -0.05) is 18.2 Å². The second-order valence-electron chi connectivity index (χ2n) is 7.16. The average Bonchev–Trinajstić information content (AvgIpc) is 3.25. The van der Waals surface area contributed by atoms with Crippen molar-refractivity contribution >= 4 is 5.91 Å². The first kappa shape index (κ1) is 17.2. The van der Waals surface area contributed by atoms with E-state index in [4.69, 9.17) is 4.74 Å². The van der Waals surface area contributed by atoms with Gasteiger partial charge in [-0.25, -0.2) is 4.39 Å². The molecule has 138 valence electrons. The van der Waals surface area contributed by atoms with Crippen LogP contribution in [0.25, 0.3) is 0 Å². The van der Waals surface area contributed by atoms with Crippen LogP contribution < -0.4 is 0 Å². The van der Waals surface area contributed by atoms with E-state index in [2.05, 4.69) is 4.90 Å². The van der Waals surface area contributed by atoms with Crippen LogP contribution in [-0.4, -0.2) is 58.6 Å². The van der Waals surface area contributed by atoms with Gasteiger partial charge in [0.05, 0.1) is 12.7 Å². The largest absolute Gasteiger partial charge is 0.372 e. The highest BCUT2D eigenvalue weighted by atomic mass is 19.1. The molecular formula is C20H24FN3O2. The maximum absolute atomic E-state index is 13.7. The molecule has 1 aromatic heterocycles. The summed E-state index contributed by atoms with van der Waals surface area (Å²) in [6.07, 6.45) is 2.86. The molecule has 1 amide bonds. The van der Waals surface area contributed by atoms with Gasteiger partial charge in [0.25, 0.3) is 5.91 Å². The van der Waals surface area contributed by atoms with Crippen molar-refractivity contribution in [3.63, 3.8) is 0 Å². The highest BCUT2D eigenvalue weighted by Gasteiger charge is 2.38. The molecule has 0 spiro atoms. The Balaban J connectivity index is 1.34. The Kier molecular flexibility index (Phi) is 4.78. The number of amides is 1. The van der Waals surface area contributed by atoms with Crippen LogP contribution in [0.4, 0.5) is 4.39 Å². The highest BCUT2D eigenvalue weighted by Crippen LogP contribution is 2.26. The molecule has 0 N–H and O–H groups in total. The summed E-state index contributed by atoms with van der Waals surface area (Å²) < 4.78 is 21.6. The summed E-state index contributed by atoms with van der Waals surface area (Å²) in [5.41, 5.74) is 1.32. The maximum atomic E-state index is 13.7. The van der Waals surface area contributed by atoms with Crippen LogP contribution in [0.5, 0.6) is 0 Å². The van der Waals surface area contributed by atoms with Gasteiger partial charge < -0.3 is 14.2 Å². The number of nitrogens with zero attached hydrogens (tertiary/aromatic N) is 3. The fourth-order valence-electron chi connectivity index (χ4n) is 3.97. The predicted molar refractivity (Wildman–Crippen MR) is 96.3 cm³/mol. The lowest BCUT2D eigenvalue weighted by Gasteiger charge is -2.37. The smallest absolute Gasteiger partial charge is 0.270 e. The van der Waals surface area contributed by atoms with Gasteiger partial charge in [-0.15, -0.1) is 0 Å². The van der Waals surface area contributed by atoms with Gasteiger partial charge in [-0.3, -0.25) is 9.69 Å². The van der Waals surface area contributed by atoms with Crippen LogP contribution in [0.1, 0.15) is 22.5 Å². The van der Waals surface area contributed by atoms with Crippen molar-refractivity contribution in [2.45, 2.75) is 25.2 Å². The minimum Gasteiger partial charge on any atom is -0.372 e. The van der Waals surface area contributed by atoms with E-state index in [1.807, 2.05) is 40.9 Å². The number of aryl methyl sites for hydroxylation is 1. The molecule has 5 nitrogen and oxygen atoms in total. The van der Waals surface area contributed by atoms with Gasteiger partial charge in [-0.2, -0.15) is 0 Å². The van der Waals surface area contributed by atoms with E-state index in [0.29, 0.717) is 18.2 Å². The van der Waals surface area contributed by atoms with Gasteiger partial charge in [0.2, 0.25) is 0 Å². The molecule has 4 rings (SSSR count). The van der Waals surface area contributed by atoms with Crippen LogP contribution in [0.2, 0.25) is 0 Å². The monoisotopic (exact) mass is 357 g/mol. The molecule has 3 heterocycles. The van der Waals surface area contributed by atoms with Crippen LogP contribution in [0.3, 0.4) is 0 Å². The van der Waals surface area contributed by atoms with Crippen molar-refractivity contribution in [1.29, 1.82) is 0 Å². The molecule has 2 fully saturated rings. The lowest BCUT2D eigenvalue weighted by atomic mass is 10.1. The maximum Gasteiger partial charge on any atom is 0.270 e. The van der Waals surface area contributed by atoms with Crippen LogP contribution in [0.15, 0.2) is 42.6 Å². The van der Waals surface area contributed by atoms with Crippen LogP contribution in [0, 0.1) is 5.82 Å². The predicted octanol–water partition coefficient (Wildman–Crippen LogP) is 2.28. The van der Waals surface area contributed by atoms with Crippen molar-refractivity contribution in [2.24, 2.45) is 7.05 Å². The number of aromatic nitrogens is 1. The van der Waals surface area contributed by atoms with E-state index in [1.165, 1.54) is 6.07 Å². The zero-order valence-corrected chi connectivity index (χ0v) is 15.0. The van der Waals surface area contributed by atoms with Crippen molar-refractivity contribution in [1.82, 2.24) is 14.4 Å². The van der Waals surface area contributed by atoms with Crippen molar-refractivity contribution in [3.05, 3.63) is 59.7 Å². The number of piperazine rings is 1. The minimum atomic E-state index is -0.220. The van der Waals surface area contributed by atoms with Gasteiger partial charge >= 0.3 is 0 Å². The number of ether oxygens (including phenoxy) is 1. The third-order valence-corrected chi connectivity index (χ3v) is 5.46. The Morgan fingerprint density at radius 1 is 1.19 bits per heavy atom. The third kappa shape index (κ3) is 3.39. The van der Waals surface area contributed by atoms with Crippen LogP contribution >= 0.6 is 0 Å². The molecule has 2 aliphatic rings. The Labute approximate surface area is 153 Å². The molecule has 0 saturated carbocycles. The molecule has 6 heteroatoms. The number of carbonyl (C=O) groups excluding carboxylic acids is 1. The van der Waals surface area contributed by atoms with E-state index in [1.54, 1.807) is 12.1 Å². The minimum absolute atomic E-state index is 0.0877. The topological polar surface area (TPSA) is 37.7 Å². The van der Waals surface area contributed by atoms with Gasteiger partial charge in [-0.05, 0) is 24.6 Å². The van der Waals surface area contributed by atoms with Gasteiger partial charge in [0.15, 0.2) is 0 Å². The molecule has 0 radical (unpaired) electrons. The second-order valence-corrected chi connectivity index (χ2v) is 7.16. The molecule has 1 aromatic carbocycles. The lowest BCUT2D eigenvalue weighted by Crippen LogP contribution is -2.52. The average molecular weight is 357 g/mol. The first-order chi connectivity index (χ1) is 12.6. The van der Waals surface area contributed by atoms with E-state index >= 15 is 0 Å². The molecule has 0 bridgehead atoms. The number of hydrogen-bond donors (Lipinski definition) is 0. The summed E-state index contributed by atoms with van der Waals surface area (Å²) >= 11 is 0. The van der Waals surface area contributed by atoms with Crippen molar-refractivity contribution in [2.75, 3.05) is 26.2 Å². The Bertz CT molecular complexity index is 791. The fourth-order valence-corrected chi connectivity index (χ4v) is 3.97. The molecule has 26 heavy (non-hydrogen) atoms. The normalized spacial score (nSPS) is 23.2. The number of benzene rings is 1. The Morgan fingerprint density at radius 3 is 2.81 bits per heavy atom. The molecule has 0 unspecified atom stereocenters. The van der Waals surface area contributed by atoms with E-state index in [0.717, 1.165) is 38.3 Å². The standard InChI is InChI=1S/C20H24FN3O2/c1-22-8-4-7-19(22)20(25)24-10-9-23-13-17(11-16(23)12-24)26-14-15-5-2-3-6-18(15)21/h2-8,16-17H,9-14H2,1H3/t16-,17+/m0/s1. The summed E-state index contributed by atoms with van der Waals surface area (Å²) in [5, 5.41) is 0. The summed E-state index contributed by atoms with van der Waals surface area (Å²) in [4.78, 5) is 17.0. The summed E-state index contributed by atoms with van der Waals surface area (Å²) in [6.45, 7) is 3.47. The molecule has 2 saturated heterocycles. The molecule has 2 aromatic rings. The van der Waals surface area contributed by atoms with Crippen molar-refractivity contribution < 1.29 is 13.9 Å². The zero-order chi connectivity index (χ0) is 18.1.